The number of hydrogen-bond acceptors (Lipinski definition) is 3. The zero-order valence-corrected chi connectivity index (χ0v) is 16.8. The predicted molar refractivity (Wildman–Crippen MR) is 110 cm³/mol. The van der Waals surface area contributed by atoms with Crippen LogP contribution in [0.3, 0.4) is 0 Å². The normalized spacial score (nSPS) is 13.1. The molecule has 1 aliphatic rings. The first kappa shape index (κ1) is 20.8. The molecule has 0 atom stereocenters. The molecule has 7 heteroatoms. The summed E-state index contributed by atoms with van der Waals surface area (Å²) < 4.78 is 32.8. The van der Waals surface area contributed by atoms with Gasteiger partial charge in [0.15, 0.2) is 0 Å². The van der Waals surface area contributed by atoms with Crippen molar-refractivity contribution < 1.29 is 22.8 Å². The third-order valence-corrected chi connectivity index (χ3v) is 5.22. The summed E-state index contributed by atoms with van der Waals surface area (Å²) >= 11 is 0. The van der Waals surface area contributed by atoms with Crippen LogP contribution in [0, 0.1) is 11.6 Å². The third-order valence-electron chi connectivity index (χ3n) is 5.22. The highest BCUT2D eigenvalue weighted by atomic mass is 19.1. The van der Waals surface area contributed by atoms with Gasteiger partial charge in [-0.05, 0) is 54.8 Å². The van der Waals surface area contributed by atoms with E-state index in [-0.39, 0.29) is 43.0 Å². The van der Waals surface area contributed by atoms with Gasteiger partial charge in [-0.25, -0.2) is 8.78 Å². The summed E-state index contributed by atoms with van der Waals surface area (Å²) in [4.78, 5) is 29.2. The molecule has 0 spiro atoms. The number of carbonyl (C=O) groups is 2. The molecule has 1 aromatic heterocycles. The van der Waals surface area contributed by atoms with Crippen LogP contribution in [-0.4, -0.2) is 34.2 Å². The second kappa shape index (κ2) is 9.12. The molecule has 0 unspecified atom stereocenters. The smallest absolute Gasteiger partial charge is 0.257 e. The highest BCUT2D eigenvalue weighted by Crippen LogP contribution is 2.29. The fraction of sp³-hybridized carbons (Fsp3) is 0.250. The summed E-state index contributed by atoms with van der Waals surface area (Å²) in [7, 11) is 0. The summed E-state index contributed by atoms with van der Waals surface area (Å²) in [5.74, 6) is -1.16. The lowest BCUT2D eigenvalue weighted by atomic mass is 10.1. The molecule has 0 radical (unpaired) electrons. The first-order valence-electron chi connectivity index (χ1n) is 10.1. The molecule has 2 amide bonds. The van der Waals surface area contributed by atoms with Crippen LogP contribution in [0.25, 0.3) is 0 Å². The Morgan fingerprint density at radius 1 is 0.935 bits per heavy atom. The maximum absolute atomic E-state index is 14.2. The predicted octanol–water partition coefficient (Wildman–Crippen LogP) is 4.39. The van der Waals surface area contributed by atoms with E-state index < -0.39 is 11.7 Å². The van der Waals surface area contributed by atoms with Gasteiger partial charge in [-0.15, -0.1) is 0 Å². The van der Waals surface area contributed by atoms with Crippen molar-refractivity contribution in [3.8, 4) is 0 Å². The number of nitrogens with zero attached hydrogens (tertiary/aromatic N) is 2. The summed E-state index contributed by atoms with van der Waals surface area (Å²) in [6.45, 7) is 0.265. The zero-order chi connectivity index (χ0) is 21.8. The third kappa shape index (κ3) is 5.17. The van der Waals surface area contributed by atoms with E-state index in [1.54, 1.807) is 35.2 Å². The Bertz CT molecular complexity index is 1050. The van der Waals surface area contributed by atoms with E-state index in [1.807, 2.05) is 0 Å². The van der Waals surface area contributed by atoms with Gasteiger partial charge in [0.1, 0.15) is 23.9 Å². The van der Waals surface area contributed by atoms with Crippen molar-refractivity contribution in [2.24, 2.45) is 0 Å². The SMILES string of the molecule is O=C(CN(C(=O)c1ccccc1F)C1CC1)N(Cc1ccc(F)cc1)Cc1ccco1. The average Bonchev–Trinajstić information content (AvgIpc) is 3.48. The number of halogens is 2. The number of furan rings is 1. The van der Waals surface area contributed by atoms with Gasteiger partial charge >= 0.3 is 0 Å². The number of amides is 2. The van der Waals surface area contributed by atoms with Crippen LogP contribution < -0.4 is 0 Å². The van der Waals surface area contributed by atoms with Crippen molar-refractivity contribution in [1.82, 2.24) is 9.80 Å². The molecule has 31 heavy (non-hydrogen) atoms. The van der Waals surface area contributed by atoms with Crippen molar-refractivity contribution in [2.45, 2.75) is 32.0 Å². The number of rotatable bonds is 8. The van der Waals surface area contributed by atoms with Crippen molar-refractivity contribution >= 4 is 11.8 Å². The summed E-state index contributed by atoms with van der Waals surface area (Å²) in [6, 6.07) is 15.1. The fourth-order valence-corrected chi connectivity index (χ4v) is 3.42. The lowest BCUT2D eigenvalue weighted by Gasteiger charge is -2.27. The van der Waals surface area contributed by atoms with Crippen LogP contribution in [0.4, 0.5) is 8.78 Å². The average molecular weight is 424 g/mol. The second-order valence-electron chi connectivity index (χ2n) is 7.60. The van der Waals surface area contributed by atoms with Crippen LogP contribution in [0.1, 0.15) is 34.5 Å². The molecular weight excluding hydrogens is 402 g/mol. The zero-order valence-electron chi connectivity index (χ0n) is 16.8. The first-order chi connectivity index (χ1) is 15.0. The van der Waals surface area contributed by atoms with Crippen LogP contribution in [0.2, 0.25) is 0 Å². The number of hydrogen-bond donors (Lipinski definition) is 0. The Balaban J connectivity index is 1.53. The maximum atomic E-state index is 14.2. The molecule has 1 saturated carbocycles. The summed E-state index contributed by atoms with van der Waals surface area (Å²) in [6.07, 6.45) is 3.08. The van der Waals surface area contributed by atoms with Crippen LogP contribution in [0.15, 0.2) is 71.3 Å². The number of benzene rings is 2. The molecule has 0 saturated heterocycles. The second-order valence-corrected chi connectivity index (χ2v) is 7.60. The summed E-state index contributed by atoms with van der Waals surface area (Å²) in [5, 5.41) is 0. The molecule has 160 valence electrons. The molecule has 1 aliphatic carbocycles. The maximum Gasteiger partial charge on any atom is 0.257 e. The van der Waals surface area contributed by atoms with E-state index in [4.69, 9.17) is 4.42 Å². The highest BCUT2D eigenvalue weighted by Gasteiger charge is 2.36. The van der Waals surface area contributed by atoms with Gasteiger partial charge in [0.2, 0.25) is 5.91 Å². The largest absolute Gasteiger partial charge is 0.467 e. The first-order valence-corrected chi connectivity index (χ1v) is 10.1. The van der Waals surface area contributed by atoms with Gasteiger partial charge in [-0.1, -0.05) is 24.3 Å². The number of carbonyl (C=O) groups excluding carboxylic acids is 2. The lowest BCUT2D eigenvalue weighted by Crippen LogP contribution is -2.43. The van der Waals surface area contributed by atoms with Crippen LogP contribution in [0.5, 0.6) is 0 Å². The Hall–Kier alpha value is -3.48. The van der Waals surface area contributed by atoms with Crippen LogP contribution >= 0.6 is 0 Å². The lowest BCUT2D eigenvalue weighted by molar-refractivity contribution is -0.133. The van der Waals surface area contributed by atoms with Gasteiger partial charge in [0.05, 0.1) is 18.4 Å². The van der Waals surface area contributed by atoms with Crippen molar-refractivity contribution in [3.63, 3.8) is 0 Å². The molecule has 0 bridgehead atoms. The van der Waals surface area contributed by atoms with Gasteiger partial charge in [0.25, 0.3) is 5.91 Å². The Morgan fingerprint density at radius 3 is 2.32 bits per heavy atom. The topological polar surface area (TPSA) is 53.8 Å². The minimum absolute atomic E-state index is 0.0432. The quantitative estimate of drug-likeness (QED) is 0.539. The van der Waals surface area contributed by atoms with E-state index in [0.29, 0.717) is 5.76 Å². The van der Waals surface area contributed by atoms with Crippen molar-refractivity contribution in [3.05, 3.63) is 95.4 Å². The molecule has 0 aliphatic heterocycles. The van der Waals surface area contributed by atoms with Gasteiger partial charge in [0, 0.05) is 12.6 Å². The van der Waals surface area contributed by atoms with E-state index in [2.05, 4.69) is 0 Å². The van der Waals surface area contributed by atoms with E-state index in [1.165, 1.54) is 41.5 Å². The van der Waals surface area contributed by atoms with Gasteiger partial charge < -0.3 is 14.2 Å². The highest BCUT2D eigenvalue weighted by molar-refractivity contribution is 5.97. The molecular formula is C24H22F2N2O3. The van der Waals surface area contributed by atoms with E-state index in [9.17, 15) is 18.4 Å². The van der Waals surface area contributed by atoms with E-state index in [0.717, 1.165) is 18.4 Å². The molecule has 4 rings (SSSR count). The van der Waals surface area contributed by atoms with Crippen LogP contribution in [-0.2, 0) is 17.9 Å². The molecule has 0 N–H and O–H groups in total. The minimum Gasteiger partial charge on any atom is -0.467 e. The Morgan fingerprint density at radius 2 is 1.68 bits per heavy atom. The van der Waals surface area contributed by atoms with Crippen molar-refractivity contribution in [2.75, 3.05) is 6.54 Å². The molecule has 5 nitrogen and oxygen atoms in total. The fourth-order valence-electron chi connectivity index (χ4n) is 3.42. The summed E-state index contributed by atoms with van der Waals surface area (Å²) in [5.41, 5.74) is 0.707. The minimum atomic E-state index is -0.607. The monoisotopic (exact) mass is 424 g/mol. The Kier molecular flexibility index (Phi) is 6.11. The molecule has 3 aromatic rings. The standard InChI is InChI=1S/C24H22F2N2O3/c25-18-9-7-17(8-10-18)14-27(15-20-4-3-13-31-20)23(29)16-28(19-11-12-19)24(30)21-5-1-2-6-22(21)26/h1-10,13,19H,11-12,14-16H2. The molecule has 2 aromatic carbocycles. The Labute approximate surface area is 178 Å². The molecule has 1 fully saturated rings. The molecule has 1 heterocycles. The van der Waals surface area contributed by atoms with Crippen molar-refractivity contribution in [1.29, 1.82) is 0 Å². The van der Waals surface area contributed by atoms with Gasteiger partial charge in [-0.2, -0.15) is 0 Å². The van der Waals surface area contributed by atoms with E-state index >= 15 is 0 Å². The van der Waals surface area contributed by atoms with Gasteiger partial charge in [-0.3, -0.25) is 9.59 Å².